The summed E-state index contributed by atoms with van der Waals surface area (Å²) >= 11 is 0. The summed E-state index contributed by atoms with van der Waals surface area (Å²) in [4.78, 5) is 31.2. The molecule has 0 radical (unpaired) electrons. The van der Waals surface area contributed by atoms with Crippen molar-refractivity contribution in [1.29, 1.82) is 0 Å². The van der Waals surface area contributed by atoms with Crippen molar-refractivity contribution >= 4 is 28.4 Å². The third kappa shape index (κ3) is 5.19. The predicted molar refractivity (Wildman–Crippen MR) is 133 cm³/mol. The smallest absolute Gasteiger partial charge is 0.253 e. The predicted octanol–water partition coefficient (Wildman–Crippen LogP) is 3.17. The van der Waals surface area contributed by atoms with Crippen LogP contribution in [0.5, 0.6) is 0 Å². The number of hydrogen-bond donors (Lipinski definition) is 1. The van der Waals surface area contributed by atoms with Gasteiger partial charge in [-0.2, -0.15) is 0 Å². The standard InChI is InChI=1S/C26H29F2N3O5/c1-16(30(3)20-13-18(27)12-19(28)14-20)21-10-17(26(34)29(2)4-7-32)11-22-23(33)15-24(36-25(21)22)31-5-8-35-9-6-31/h10-16,32H,4-9H2,1-3H3/t16-/m1/s1. The molecule has 0 spiro atoms. The Morgan fingerprint density at radius 2 is 1.75 bits per heavy atom. The Balaban J connectivity index is 1.88. The van der Waals surface area contributed by atoms with Gasteiger partial charge < -0.3 is 29.0 Å². The molecule has 10 heteroatoms. The molecule has 0 bridgehead atoms. The van der Waals surface area contributed by atoms with Gasteiger partial charge >= 0.3 is 0 Å². The van der Waals surface area contributed by atoms with Crippen LogP contribution in [0.25, 0.3) is 11.0 Å². The van der Waals surface area contributed by atoms with E-state index in [-0.39, 0.29) is 41.1 Å². The highest BCUT2D eigenvalue weighted by atomic mass is 19.1. The number of amides is 1. The summed E-state index contributed by atoms with van der Waals surface area (Å²) in [6.07, 6.45) is 0. The number of nitrogens with zero attached hydrogens (tertiary/aromatic N) is 3. The first kappa shape index (κ1) is 25.6. The number of rotatable bonds is 7. The number of fused-ring (bicyclic) bond motifs is 1. The van der Waals surface area contributed by atoms with Crippen molar-refractivity contribution in [3.05, 3.63) is 69.4 Å². The number of aliphatic hydroxyl groups is 1. The van der Waals surface area contributed by atoms with E-state index in [1.165, 1.54) is 29.2 Å². The molecule has 2 heterocycles. The zero-order valence-corrected chi connectivity index (χ0v) is 20.5. The Morgan fingerprint density at radius 1 is 1.08 bits per heavy atom. The number of carbonyl (C=O) groups is 1. The first-order chi connectivity index (χ1) is 17.2. The van der Waals surface area contributed by atoms with Crippen LogP contribution in [0.4, 0.5) is 20.4 Å². The quantitative estimate of drug-likeness (QED) is 0.532. The molecule has 1 amide bonds. The normalized spacial score (nSPS) is 14.7. The van der Waals surface area contributed by atoms with Crippen molar-refractivity contribution in [2.45, 2.75) is 13.0 Å². The van der Waals surface area contributed by atoms with Crippen LogP contribution in [0.3, 0.4) is 0 Å². The summed E-state index contributed by atoms with van der Waals surface area (Å²) in [6.45, 7) is 3.83. The molecule has 2 aromatic carbocycles. The Kier molecular flexibility index (Phi) is 7.56. The number of hydrogen-bond acceptors (Lipinski definition) is 7. The lowest BCUT2D eigenvalue weighted by Crippen LogP contribution is -2.36. The second-order valence-corrected chi connectivity index (χ2v) is 8.86. The summed E-state index contributed by atoms with van der Waals surface area (Å²) in [5.41, 5.74) is 1.01. The van der Waals surface area contributed by atoms with E-state index in [0.717, 1.165) is 6.07 Å². The van der Waals surface area contributed by atoms with Crippen molar-refractivity contribution in [2.75, 3.05) is 63.4 Å². The first-order valence-electron chi connectivity index (χ1n) is 11.7. The lowest BCUT2D eigenvalue weighted by atomic mass is 9.99. The minimum atomic E-state index is -0.718. The Hall–Kier alpha value is -3.50. The van der Waals surface area contributed by atoms with Crippen LogP contribution in [0.15, 0.2) is 45.6 Å². The maximum absolute atomic E-state index is 13.9. The molecule has 1 fully saturated rings. The van der Waals surface area contributed by atoms with Gasteiger partial charge in [0.1, 0.15) is 17.2 Å². The highest BCUT2D eigenvalue weighted by molar-refractivity contribution is 5.98. The highest BCUT2D eigenvalue weighted by Gasteiger charge is 2.24. The second kappa shape index (κ2) is 10.6. The average molecular weight is 502 g/mol. The number of benzene rings is 2. The Labute approximate surface area is 207 Å². The molecule has 1 aromatic heterocycles. The minimum Gasteiger partial charge on any atom is -0.440 e. The van der Waals surface area contributed by atoms with Gasteiger partial charge in [0.05, 0.1) is 31.2 Å². The fourth-order valence-corrected chi connectivity index (χ4v) is 4.29. The number of halogens is 2. The largest absolute Gasteiger partial charge is 0.440 e. The molecule has 36 heavy (non-hydrogen) atoms. The van der Waals surface area contributed by atoms with Crippen LogP contribution < -0.4 is 15.2 Å². The van der Waals surface area contributed by atoms with Gasteiger partial charge in [-0.05, 0) is 31.2 Å². The summed E-state index contributed by atoms with van der Waals surface area (Å²) in [5.74, 6) is -1.43. The maximum Gasteiger partial charge on any atom is 0.253 e. The number of aliphatic hydroxyl groups excluding tert-OH is 1. The van der Waals surface area contributed by atoms with Crippen LogP contribution in [0.2, 0.25) is 0 Å². The van der Waals surface area contributed by atoms with E-state index in [9.17, 15) is 23.5 Å². The van der Waals surface area contributed by atoms with E-state index in [0.29, 0.717) is 43.3 Å². The summed E-state index contributed by atoms with van der Waals surface area (Å²) < 4.78 is 39.5. The van der Waals surface area contributed by atoms with Crippen LogP contribution >= 0.6 is 0 Å². The third-order valence-electron chi connectivity index (χ3n) is 6.48. The van der Waals surface area contributed by atoms with Gasteiger partial charge in [0, 0.05) is 62.7 Å². The van der Waals surface area contributed by atoms with Crippen molar-refractivity contribution in [1.82, 2.24) is 4.90 Å². The van der Waals surface area contributed by atoms with Crippen molar-refractivity contribution in [3.63, 3.8) is 0 Å². The second-order valence-electron chi connectivity index (χ2n) is 8.86. The monoisotopic (exact) mass is 501 g/mol. The Bertz CT molecular complexity index is 1300. The zero-order chi connectivity index (χ0) is 26.0. The van der Waals surface area contributed by atoms with Gasteiger partial charge in [-0.15, -0.1) is 0 Å². The van der Waals surface area contributed by atoms with Gasteiger partial charge in [-0.25, -0.2) is 8.78 Å². The molecule has 1 aliphatic rings. The van der Waals surface area contributed by atoms with Crippen LogP contribution in [-0.2, 0) is 4.74 Å². The number of carbonyl (C=O) groups excluding carboxylic acids is 1. The van der Waals surface area contributed by atoms with E-state index in [2.05, 4.69) is 0 Å². The molecule has 0 saturated carbocycles. The fourth-order valence-electron chi connectivity index (χ4n) is 4.29. The lowest BCUT2D eigenvalue weighted by Gasteiger charge is -2.30. The molecule has 192 valence electrons. The van der Waals surface area contributed by atoms with E-state index in [1.54, 1.807) is 32.0 Å². The number of anilines is 2. The summed E-state index contributed by atoms with van der Waals surface area (Å²) in [7, 11) is 3.22. The minimum absolute atomic E-state index is 0.120. The fraction of sp³-hybridized carbons (Fsp3) is 0.385. The number of likely N-dealkylation sites (N-methyl/N-ethyl adjacent to an activating group) is 1. The zero-order valence-electron chi connectivity index (χ0n) is 20.5. The van der Waals surface area contributed by atoms with Crippen molar-refractivity contribution in [3.8, 4) is 0 Å². The first-order valence-corrected chi connectivity index (χ1v) is 11.7. The van der Waals surface area contributed by atoms with Crippen molar-refractivity contribution < 1.29 is 27.8 Å². The van der Waals surface area contributed by atoms with E-state index >= 15 is 0 Å². The molecule has 0 aliphatic carbocycles. The molecule has 1 aliphatic heterocycles. The van der Waals surface area contributed by atoms with Crippen LogP contribution in [-0.4, -0.2) is 69.5 Å². The molecule has 1 N–H and O–H groups in total. The summed E-state index contributed by atoms with van der Waals surface area (Å²) in [5, 5.41) is 9.47. The topological polar surface area (TPSA) is 86.5 Å². The van der Waals surface area contributed by atoms with Gasteiger partial charge in [0.15, 0.2) is 11.3 Å². The van der Waals surface area contributed by atoms with Gasteiger partial charge in [0.2, 0.25) is 0 Å². The van der Waals surface area contributed by atoms with Gasteiger partial charge in [-0.1, -0.05) is 0 Å². The third-order valence-corrected chi connectivity index (χ3v) is 6.48. The Morgan fingerprint density at radius 3 is 2.39 bits per heavy atom. The SMILES string of the molecule is C[C@H](c1cc(C(=O)N(C)CCO)cc2c(=O)cc(N3CCOCC3)oc12)N(C)c1cc(F)cc(F)c1. The molecule has 8 nitrogen and oxygen atoms in total. The van der Waals surface area contributed by atoms with Gasteiger partial charge in [0.25, 0.3) is 5.91 Å². The van der Waals surface area contributed by atoms with Gasteiger partial charge in [-0.3, -0.25) is 9.59 Å². The number of morpholine rings is 1. The van der Waals surface area contributed by atoms with E-state index < -0.39 is 17.7 Å². The molecular weight excluding hydrogens is 472 g/mol. The lowest BCUT2D eigenvalue weighted by molar-refractivity contribution is 0.0767. The molecule has 3 aromatic rings. The molecule has 1 atom stereocenters. The molecular formula is C26H29F2N3O5. The molecule has 1 saturated heterocycles. The van der Waals surface area contributed by atoms with Crippen molar-refractivity contribution in [2.24, 2.45) is 0 Å². The summed E-state index contributed by atoms with van der Waals surface area (Å²) in [6, 6.07) is 7.19. The van der Waals surface area contributed by atoms with Crippen LogP contribution in [0, 0.1) is 11.6 Å². The molecule has 4 rings (SSSR count). The van der Waals surface area contributed by atoms with E-state index in [1.807, 2.05) is 4.90 Å². The average Bonchev–Trinajstić information content (AvgIpc) is 2.87. The highest BCUT2D eigenvalue weighted by Crippen LogP contribution is 2.33. The van der Waals surface area contributed by atoms with E-state index in [4.69, 9.17) is 9.15 Å². The number of ether oxygens (including phenoxy) is 1. The maximum atomic E-state index is 13.9. The molecule has 0 unspecified atom stereocenters. The van der Waals surface area contributed by atoms with Crippen LogP contribution in [0.1, 0.15) is 28.9 Å².